The van der Waals surface area contributed by atoms with Crippen LogP contribution in [0.3, 0.4) is 0 Å². The summed E-state index contributed by atoms with van der Waals surface area (Å²) in [5.74, 6) is 1.32. The van der Waals surface area contributed by atoms with E-state index in [0.717, 1.165) is 21.7 Å². The van der Waals surface area contributed by atoms with Crippen molar-refractivity contribution in [2.45, 2.75) is 11.8 Å². The Morgan fingerprint density at radius 1 is 1.44 bits per heavy atom. The number of benzene rings is 1. The zero-order valence-corrected chi connectivity index (χ0v) is 11.3. The minimum Gasteiger partial charge on any atom is -0.261 e. The number of fused-ring (bicyclic) bond motifs is 1. The predicted octanol–water partition coefficient (Wildman–Crippen LogP) is 3.78. The first-order valence-electron chi connectivity index (χ1n) is 5.36. The minimum atomic E-state index is -0.380. The number of aryl methyl sites for hydroxylation is 1. The van der Waals surface area contributed by atoms with Gasteiger partial charge in [0, 0.05) is 39.9 Å². The molecule has 2 rings (SSSR count). The second kappa shape index (κ2) is 5.54. The van der Waals surface area contributed by atoms with Crippen LogP contribution in [0, 0.1) is 17.0 Å². The number of hydrogen-bond acceptors (Lipinski definition) is 4. The van der Waals surface area contributed by atoms with Crippen molar-refractivity contribution in [2.24, 2.45) is 0 Å². The third kappa shape index (κ3) is 2.57. The summed E-state index contributed by atoms with van der Waals surface area (Å²) >= 11 is 7.27. The Morgan fingerprint density at radius 2 is 2.22 bits per heavy atom. The molecule has 6 heteroatoms. The van der Waals surface area contributed by atoms with Crippen molar-refractivity contribution in [3.63, 3.8) is 0 Å². The van der Waals surface area contributed by atoms with Gasteiger partial charge in [-0.3, -0.25) is 15.1 Å². The van der Waals surface area contributed by atoms with Gasteiger partial charge in [0.25, 0.3) is 5.69 Å². The van der Waals surface area contributed by atoms with E-state index in [1.807, 2.05) is 13.0 Å². The Kier molecular flexibility index (Phi) is 4.04. The van der Waals surface area contributed by atoms with Gasteiger partial charge in [-0.1, -0.05) is 0 Å². The van der Waals surface area contributed by atoms with Crippen molar-refractivity contribution in [2.75, 3.05) is 11.6 Å². The van der Waals surface area contributed by atoms with Crippen molar-refractivity contribution >= 4 is 39.8 Å². The van der Waals surface area contributed by atoms with Crippen LogP contribution in [0.5, 0.6) is 0 Å². The molecule has 2 aromatic rings. The molecule has 0 spiro atoms. The minimum absolute atomic E-state index is 0.0905. The van der Waals surface area contributed by atoms with E-state index < -0.39 is 0 Å². The number of hydrogen-bond donors (Lipinski definition) is 0. The number of alkyl halides is 1. The largest absolute Gasteiger partial charge is 0.278 e. The molecule has 94 valence electrons. The maximum Gasteiger partial charge on any atom is 0.278 e. The number of rotatable bonds is 4. The standard InChI is InChI=1S/C12H11ClN2O2S/c1-8-6-9-10(7-14-8)11(15(16)17)2-3-12(9)18-5-4-13/h2-3,6-7H,4-5H2,1H3. The van der Waals surface area contributed by atoms with Gasteiger partial charge in [-0.2, -0.15) is 0 Å². The third-order valence-electron chi connectivity index (χ3n) is 2.51. The molecule has 0 N–H and O–H groups in total. The highest BCUT2D eigenvalue weighted by molar-refractivity contribution is 7.99. The molecule has 18 heavy (non-hydrogen) atoms. The summed E-state index contributed by atoms with van der Waals surface area (Å²) in [7, 11) is 0. The second-order valence-corrected chi connectivity index (χ2v) is 5.26. The van der Waals surface area contributed by atoms with Crippen molar-refractivity contribution < 1.29 is 4.92 Å². The molecular weight excluding hydrogens is 272 g/mol. The summed E-state index contributed by atoms with van der Waals surface area (Å²) in [4.78, 5) is 15.7. The molecule has 0 saturated carbocycles. The molecule has 0 radical (unpaired) electrons. The van der Waals surface area contributed by atoms with E-state index in [1.165, 1.54) is 6.07 Å². The average Bonchev–Trinajstić information content (AvgIpc) is 2.35. The summed E-state index contributed by atoms with van der Waals surface area (Å²) < 4.78 is 0. The number of pyridine rings is 1. The summed E-state index contributed by atoms with van der Waals surface area (Å²) in [6.45, 7) is 1.87. The number of non-ortho nitro benzene ring substituents is 1. The normalized spacial score (nSPS) is 10.8. The summed E-state index contributed by atoms with van der Waals surface area (Å²) in [6.07, 6.45) is 1.56. The Labute approximate surface area is 114 Å². The lowest BCUT2D eigenvalue weighted by atomic mass is 10.1. The molecule has 0 amide bonds. The molecule has 0 unspecified atom stereocenters. The van der Waals surface area contributed by atoms with Crippen LogP contribution in [-0.2, 0) is 0 Å². The number of halogens is 1. The average molecular weight is 283 g/mol. The van der Waals surface area contributed by atoms with Crippen LogP contribution in [0.2, 0.25) is 0 Å². The fourth-order valence-electron chi connectivity index (χ4n) is 1.74. The molecule has 0 fully saturated rings. The first kappa shape index (κ1) is 13.1. The van der Waals surface area contributed by atoms with Gasteiger partial charge in [0.1, 0.15) is 0 Å². The van der Waals surface area contributed by atoms with E-state index in [-0.39, 0.29) is 10.6 Å². The molecule has 0 aliphatic rings. The number of nitro benzene ring substituents is 1. The Balaban J connectivity index is 2.63. The van der Waals surface area contributed by atoms with Crippen molar-refractivity contribution in [3.05, 3.63) is 40.2 Å². The summed E-state index contributed by atoms with van der Waals surface area (Å²) in [5, 5.41) is 12.4. The van der Waals surface area contributed by atoms with E-state index in [9.17, 15) is 10.1 Å². The van der Waals surface area contributed by atoms with Crippen LogP contribution in [0.1, 0.15) is 5.69 Å². The number of nitro groups is 1. The molecule has 0 aliphatic carbocycles. The fraction of sp³-hybridized carbons (Fsp3) is 0.250. The first-order valence-corrected chi connectivity index (χ1v) is 6.88. The molecule has 1 aromatic heterocycles. The molecule has 1 aromatic carbocycles. The van der Waals surface area contributed by atoms with Crippen LogP contribution in [0.15, 0.2) is 29.3 Å². The van der Waals surface area contributed by atoms with Gasteiger partial charge in [0.15, 0.2) is 0 Å². The van der Waals surface area contributed by atoms with Gasteiger partial charge in [-0.05, 0) is 19.1 Å². The van der Waals surface area contributed by atoms with Crippen molar-refractivity contribution in [1.82, 2.24) is 4.98 Å². The first-order chi connectivity index (χ1) is 8.63. The van der Waals surface area contributed by atoms with Crippen LogP contribution in [0.25, 0.3) is 10.8 Å². The van der Waals surface area contributed by atoms with Crippen molar-refractivity contribution in [1.29, 1.82) is 0 Å². The van der Waals surface area contributed by atoms with Gasteiger partial charge in [-0.25, -0.2) is 0 Å². The molecule has 4 nitrogen and oxygen atoms in total. The third-order valence-corrected chi connectivity index (χ3v) is 3.99. The van der Waals surface area contributed by atoms with Crippen molar-refractivity contribution in [3.8, 4) is 0 Å². The second-order valence-electron chi connectivity index (χ2n) is 3.75. The van der Waals surface area contributed by atoms with Crippen LogP contribution in [0.4, 0.5) is 5.69 Å². The molecule has 0 bridgehead atoms. The highest BCUT2D eigenvalue weighted by Gasteiger charge is 2.14. The SMILES string of the molecule is Cc1cc2c(SCCCl)ccc([N+](=O)[O-])c2cn1. The smallest absolute Gasteiger partial charge is 0.261 e. The topological polar surface area (TPSA) is 56.0 Å². The maximum atomic E-state index is 11.0. The quantitative estimate of drug-likeness (QED) is 0.371. The van der Waals surface area contributed by atoms with Gasteiger partial charge >= 0.3 is 0 Å². The zero-order valence-electron chi connectivity index (χ0n) is 9.72. The monoisotopic (exact) mass is 282 g/mol. The highest BCUT2D eigenvalue weighted by Crippen LogP contribution is 2.33. The highest BCUT2D eigenvalue weighted by atomic mass is 35.5. The summed E-state index contributed by atoms with van der Waals surface area (Å²) in [5.41, 5.74) is 0.934. The number of aromatic nitrogens is 1. The van der Waals surface area contributed by atoms with Gasteiger partial charge in [0.2, 0.25) is 0 Å². The molecule has 0 aliphatic heterocycles. The molecule has 1 heterocycles. The van der Waals surface area contributed by atoms with E-state index in [0.29, 0.717) is 11.3 Å². The molecule has 0 saturated heterocycles. The van der Waals surface area contributed by atoms with Crippen LogP contribution < -0.4 is 0 Å². The van der Waals surface area contributed by atoms with E-state index >= 15 is 0 Å². The Morgan fingerprint density at radius 3 is 2.89 bits per heavy atom. The lowest BCUT2D eigenvalue weighted by Crippen LogP contribution is -1.93. The van der Waals surface area contributed by atoms with E-state index in [2.05, 4.69) is 4.98 Å². The lowest BCUT2D eigenvalue weighted by Gasteiger charge is -2.06. The van der Waals surface area contributed by atoms with Gasteiger partial charge < -0.3 is 0 Å². The molecule has 0 atom stereocenters. The van der Waals surface area contributed by atoms with Crippen LogP contribution >= 0.6 is 23.4 Å². The van der Waals surface area contributed by atoms with Crippen LogP contribution in [-0.4, -0.2) is 21.5 Å². The number of thioether (sulfide) groups is 1. The van der Waals surface area contributed by atoms with Gasteiger partial charge in [-0.15, -0.1) is 23.4 Å². The predicted molar refractivity (Wildman–Crippen MR) is 74.6 cm³/mol. The lowest BCUT2D eigenvalue weighted by molar-refractivity contribution is -0.383. The summed E-state index contributed by atoms with van der Waals surface area (Å²) in [6, 6.07) is 5.17. The van der Waals surface area contributed by atoms with E-state index in [1.54, 1.807) is 24.0 Å². The maximum absolute atomic E-state index is 11.0. The number of nitrogens with zero attached hydrogens (tertiary/aromatic N) is 2. The Hall–Kier alpha value is -1.33. The zero-order chi connectivity index (χ0) is 13.1. The fourth-order valence-corrected chi connectivity index (χ4v) is 2.75. The molecular formula is C12H11ClN2O2S. The Bertz CT molecular complexity index is 604. The van der Waals surface area contributed by atoms with E-state index in [4.69, 9.17) is 11.6 Å². The van der Waals surface area contributed by atoms with Gasteiger partial charge in [0.05, 0.1) is 10.3 Å².